The van der Waals surface area contributed by atoms with Crippen LogP contribution in [0.5, 0.6) is 0 Å². The smallest absolute Gasteiger partial charge is 0.297 e. The van der Waals surface area contributed by atoms with Crippen molar-refractivity contribution in [2.24, 2.45) is 5.92 Å². The van der Waals surface area contributed by atoms with Gasteiger partial charge in [0.1, 0.15) is 5.54 Å². The number of carbonyl (C=O) groups excluding carboxylic acids is 2. The molecule has 1 unspecified atom stereocenters. The van der Waals surface area contributed by atoms with E-state index in [-0.39, 0.29) is 17.9 Å². The highest BCUT2D eigenvalue weighted by molar-refractivity contribution is 6.07. The van der Waals surface area contributed by atoms with Crippen LogP contribution in [0.15, 0.2) is 0 Å². The first kappa shape index (κ1) is 32.1. The summed E-state index contributed by atoms with van der Waals surface area (Å²) in [6.45, 7) is 9.44. The molecular weight excluding hydrogens is 460 g/mol. The summed E-state index contributed by atoms with van der Waals surface area (Å²) in [7, 11) is 4.17. The Hall–Kier alpha value is -1.14. The average molecular weight is 521 g/mol. The molecule has 1 heterocycles. The topological polar surface area (TPSA) is 47.1 Å². The van der Waals surface area contributed by atoms with Gasteiger partial charge in [0.15, 0.2) is 0 Å². The zero-order chi connectivity index (χ0) is 27.1. The molecule has 1 saturated heterocycles. The molecule has 0 aromatic carbocycles. The number of imide groups is 1. The number of carbonyl (C=O) groups is 2. The molecule has 3 amide bonds. The molecule has 2 aliphatic rings. The number of amides is 3. The van der Waals surface area contributed by atoms with Crippen LogP contribution in [-0.4, -0.2) is 77.6 Å². The zero-order valence-corrected chi connectivity index (χ0v) is 25.2. The van der Waals surface area contributed by atoms with E-state index < -0.39 is 5.54 Å². The van der Waals surface area contributed by atoms with Gasteiger partial charge in [0, 0.05) is 0 Å². The molecule has 1 saturated carbocycles. The van der Waals surface area contributed by atoms with Gasteiger partial charge in [-0.15, -0.1) is 0 Å². The highest BCUT2D eigenvalue weighted by atomic mass is 16.2. The zero-order valence-electron chi connectivity index (χ0n) is 25.2. The minimum absolute atomic E-state index is 0.0279. The van der Waals surface area contributed by atoms with E-state index >= 15 is 0 Å². The van der Waals surface area contributed by atoms with Crippen LogP contribution in [0.4, 0.5) is 4.79 Å². The Morgan fingerprint density at radius 2 is 1.14 bits per heavy atom. The third-order valence-electron chi connectivity index (χ3n) is 8.90. The summed E-state index contributed by atoms with van der Waals surface area (Å²) in [5.41, 5.74) is -0.706. The lowest BCUT2D eigenvalue weighted by molar-refractivity contribution is -0.136. The Bertz CT molecular complexity index is 651. The van der Waals surface area contributed by atoms with Gasteiger partial charge in [-0.25, -0.2) is 9.69 Å². The molecular formula is C31H60N4O2. The first-order valence-electron chi connectivity index (χ1n) is 15.9. The minimum atomic E-state index is -0.706. The summed E-state index contributed by atoms with van der Waals surface area (Å²) in [6, 6.07) is -0.0859. The highest BCUT2D eigenvalue weighted by Gasteiger charge is 2.58. The quantitative estimate of drug-likeness (QED) is 0.116. The van der Waals surface area contributed by atoms with Crippen molar-refractivity contribution >= 4 is 11.9 Å². The first-order valence-corrected chi connectivity index (χ1v) is 15.9. The predicted octanol–water partition coefficient (Wildman–Crippen LogP) is 7.48. The molecule has 1 aliphatic heterocycles. The van der Waals surface area contributed by atoms with Crippen LogP contribution < -0.4 is 0 Å². The SMILES string of the molecule is CCCCCCCCCN(C)CN1C(=O)N(CN(C)CCCCCCCCC)C(C)(C2CCCC2)C1=O. The second-order valence-corrected chi connectivity index (χ2v) is 12.3. The minimum Gasteiger partial charge on any atom is -0.297 e. The Labute approximate surface area is 229 Å². The molecule has 1 aliphatic carbocycles. The Balaban J connectivity index is 1.89. The van der Waals surface area contributed by atoms with Gasteiger partial charge in [-0.3, -0.25) is 19.5 Å². The highest BCUT2D eigenvalue weighted by Crippen LogP contribution is 2.42. The normalized spacial score (nSPS) is 20.9. The molecule has 2 rings (SSSR count). The molecule has 216 valence electrons. The fourth-order valence-electron chi connectivity index (χ4n) is 6.34. The van der Waals surface area contributed by atoms with E-state index in [4.69, 9.17) is 0 Å². The van der Waals surface area contributed by atoms with Crippen LogP contribution in [0, 0.1) is 5.92 Å². The molecule has 0 aromatic heterocycles. The van der Waals surface area contributed by atoms with Crippen molar-refractivity contribution in [3.8, 4) is 0 Å². The largest absolute Gasteiger partial charge is 0.329 e. The third-order valence-corrected chi connectivity index (χ3v) is 8.90. The molecule has 6 heteroatoms. The Morgan fingerprint density at radius 1 is 0.703 bits per heavy atom. The molecule has 0 bridgehead atoms. The second-order valence-electron chi connectivity index (χ2n) is 12.3. The number of hydrogen-bond donors (Lipinski definition) is 0. The molecule has 0 aromatic rings. The Morgan fingerprint density at radius 3 is 1.62 bits per heavy atom. The standard InChI is InChI=1S/C31H60N4O2/c1-6-8-10-12-14-16-20-24-32(4)26-34-29(36)31(3,28-22-18-19-23-28)35(30(34)37)27-33(5)25-21-17-15-13-11-9-7-2/h28H,6-27H2,1-5H3. The second kappa shape index (κ2) is 17.4. The summed E-state index contributed by atoms with van der Waals surface area (Å²) in [5, 5.41) is 0. The van der Waals surface area contributed by atoms with Crippen LogP contribution in [0.1, 0.15) is 136 Å². The average Bonchev–Trinajstić information content (AvgIpc) is 3.48. The maximum Gasteiger partial charge on any atom is 0.329 e. The van der Waals surface area contributed by atoms with Crippen LogP contribution in [0.25, 0.3) is 0 Å². The number of rotatable bonds is 21. The molecule has 37 heavy (non-hydrogen) atoms. The number of urea groups is 1. The van der Waals surface area contributed by atoms with E-state index in [0.29, 0.717) is 13.3 Å². The molecule has 2 fully saturated rings. The lowest BCUT2D eigenvalue weighted by Crippen LogP contribution is -2.55. The van der Waals surface area contributed by atoms with Crippen molar-refractivity contribution in [3.63, 3.8) is 0 Å². The van der Waals surface area contributed by atoms with E-state index in [9.17, 15) is 9.59 Å². The van der Waals surface area contributed by atoms with Gasteiger partial charge in [-0.2, -0.15) is 0 Å². The molecule has 0 spiro atoms. The third kappa shape index (κ3) is 9.84. The monoisotopic (exact) mass is 520 g/mol. The van der Waals surface area contributed by atoms with Gasteiger partial charge in [0.25, 0.3) is 5.91 Å². The maximum atomic E-state index is 13.8. The van der Waals surface area contributed by atoms with Crippen LogP contribution in [0.2, 0.25) is 0 Å². The lowest BCUT2D eigenvalue weighted by Gasteiger charge is -2.38. The van der Waals surface area contributed by atoms with Crippen molar-refractivity contribution in [3.05, 3.63) is 0 Å². The van der Waals surface area contributed by atoms with Gasteiger partial charge >= 0.3 is 6.03 Å². The van der Waals surface area contributed by atoms with E-state index in [1.165, 1.54) is 89.9 Å². The van der Waals surface area contributed by atoms with E-state index in [1.807, 2.05) is 4.90 Å². The maximum absolute atomic E-state index is 13.8. The first-order chi connectivity index (χ1) is 17.9. The van der Waals surface area contributed by atoms with Gasteiger partial charge < -0.3 is 0 Å². The van der Waals surface area contributed by atoms with Gasteiger partial charge in [0.2, 0.25) is 0 Å². The predicted molar refractivity (Wildman–Crippen MR) is 155 cm³/mol. The number of hydrogen-bond acceptors (Lipinski definition) is 4. The van der Waals surface area contributed by atoms with Crippen LogP contribution >= 0.6 is 0 Å². The van der Waals surface area contributed by atoms with Gasteiger partial charge in [-0.1, -0.05) is 104 Å². The number of unbranched alkanes of at least 4 members (excludes halogenated alkanes) is 12. The van der Waals surface area contributed by atoms with Crippen LogP contribution in [-0.2, 0) is 4.79 Å². The fraction of sp³-hybridized carbons (Fsp3) is 0.935. The van der Waals surface area contributed by atoms with E-state index in [2.05, 4.69) is 44.7 Å². The number of nitrogens with zero attached hydrogens (tertiary/aromatic N) is 4. The molecule has 0 radical (unpaired) electrons. The van der Waals surface area contributed by atoms with E-state index in [1.54, 1.807) is 4.90 Å². The molecule has 1 atom stereocenters. The lowest BCUT2D eigenvalue weighted by atomic mass is 9.83. The summed E-state index contributed by atoms with van der Waals surface area (Å²) in [4.78, 5) is 35.4. The molecule has 0 N–H and O–H groups in total. The van der Waals surface area contributed by atoms with Crippen molar-refractivity contribution in [1.29, 1.82) is 0 Å². The fourth-order valence-corrected chi connectivity index (χ4v) is 6.34. The Kier molecular flexibility index (Phi) is 15.1. The summed E-state index contributed by atoms with van der Waals surface area (Å²) in [5.74, 6) is 0.300. The van der Waals surface area contributed by atoms with Crippen molar-refractivity contribution in [2.45, 2.75) is 142 Å². The summed E-state index contributed by atoms with van der Waals surface area (Å²) < 4.78 is 0. The molecule has 6 nitrogen and oxygen atoms in total. The van der Waals surface area contributed by atoms with Crippen molar-refractivity contribution in [1.82, 2.24) is 19.6 Å². The van der Waals surface area contributed by atoms with Crippen molar-refractivity contribution in [2.75, 3.05) is 40.5 Å². The van der Waals surface area contributed by atoms with Crippen molar-refractivity contribution < 1.29 is 9.59 Å². The van der Waals surface area contributed by atoms with Gasteiger partial charge in [0.05, 0.1) is 13.3 Å². The summed E-state index contributed by atoms with van der Waals surface area (Å²) >= 11 is 0. The van der Waals surface area contributed by atoms with Crippen LogP contribution in [0.3, 0.4) is 0 Å². The van der Waals surface area contributed by atoms with E-state index in [0.717, 1.165) is 38.8 Å². The summed E-state index contributed by atoms with van der Waals surface area (Å²) in [6.07, 6.45) is 22.4. The van der Waals surface area contributed by atoms with Gasteiger partial charge in [-0.05, 0) is 65.7 Å².